The first-order chi connectivity index (χ1) is 8.48. The minimum Gasteiger partial charge on any atom is -0.806 e. The minimum atomic E-state index is -4.68. The van der Waals surface area contributed by atoms with Crippen molar-refractivity contribution in [2.24, 2.45) is 0 Å². The monoisotopic (exact) mass is 262 g/mol. The molecule has 2 rings (SSSR count). The molecule has 0 aliphatic carbocycles. The molecule has 0 aliphatic heterocycles. The smallest absolute Gasteiger partial charge is 0.135 e. The third-order valence-electron chi connectivity index (χ3n) is 2.78. The van der Waals surface area contributed by atoms with Crippen LogP contribution < -0.4 is 15.5 Å². The minimum absolute atomic E-state index is 0.419. The van der Waals surface area contributed by atoms with Crippen LogP contribution in [-0.4, -0.2) is 0 Å². The van der Waals surface area contributed by atoms with Crippen molar-refractivity contribution >= 4 is 7.60 Å². The first-order valence-corrected chi connectivity index (χ1v) is 7.10. The highest BCUT2D eigenvalue weighted by Crippen LogP contribution is 2.38. The van der Waals surface area contributed by atoms with Crippen LogP contribution in [0.25, 0.3) is 11.1 Å². The lowest BCUT2D eigenvalue weighted by atomic mass is 10.0. The van der Waals surface area contributed by atoms with Crippen molar-refractivity contribution in [2.45, 2.75) is 5.78 Å². The lowest BCUT2D eigenvalue weighted by Crippen LogP contribution is -2.56. The first-order valence-electron chi connectivity index (χ1n) is 5.48. The molecule has 94 valence electrons. The van der Waals surface area contributed by atoms with Gasteiger partial charge >= 0.3 is 0 Å². The largest absolute Gasteiger partial charge is 0.806 e. The van der Waals surface area contributed by atoms with Gasteiger partial charge in [-0.25, -0.2) is 0 Å². The fourth-order valence-electron chi connectivity index (χ4n) is 1.71. The van der Waals surface area contributed by atoms with Crippen LogP contribution in [-0.2, 0) is 4.57 Å². The van der Waals surface area contributed by atoms with Crippen molar-refractivity contribution in [3.63, 3.8) is 0 Å². The molecule has 0 radical (unpaired) electrons. The molecule has 0 heterocycles. The van der Waals surface area contributed by atoms with E-state index in [-0.39, 0.29) is 0 Å². The predicted octanol–water partition coefficient (Wildman–Crippen LogP) is 0.508. The van der Waals surface area contributed by atoms with Crippen LogP contribution in [0.3, 0.4) is 0 Å². The average Bonchev–Trinajstić information content (AvgIpc) is 2.38. The van der Waals surface area contributed by atoms with Crippen LogP contribution in [0.2, 0.25) is 0 Å². The second-order valence-electron chi connectivity index (χ2n) is 4.04. The Balaban J connectivity index is 2.29. The van der Waals surface area contributed by atoms with Crippen LogP contribution in [0.1, 0.15) is 11.3 Å². The Kier molecular flexibility index (Phi) is 3.64. The summed E-state index contributed by atoms with van der Waals surface area (Å²) in [6.07, 6.45) is 0. The van der Waals surface area contributed by atoms with Crippen LogP contribution in [0.4, 0.5) is 0 Å². The molecule has 4 nitrogen and oxygen atoms in total. The zero-order valence-electron chi connectivity index (χ0n) is 9.65. The molecule has 0 unspecified atom stereocenters. The van der Waals surface area contributed by atoms with Gasteiger partial charge in [0.1, 0.15) is 5.78 Å². The molecule has 0 fully saturated rings. The van der Waals surface area contributed by atoms with E-state index >= 15 is 0 Å². The summed E-state index contributed by atoms with van der Waals surface area (Å²) >= 11 is 0. The Morgan fingerprint density at radius 1 is 0.889 bits per heavy atom. The molecule has 0 aromatic heterocycles. The highest BCUT2D eigenvalue weighted by Gasteiger charge is 2.13. The summed E-state index contributed by atoms with van der Waals surface area (Å²) in [6.45, 7) is 0. The Labute approximate surface area is 105 Å². The molecule has 2 aromatic rings. The Morgan fingerprint density at radius 2 is 1.39 bits per heavy atom. The molecule has 1 atom stereocenters. The number of quaternary nitrogens is 1. The highest BCUT2D eigenvalue weighted by atomic mass is 31.2. The number of rotatable bonds is 3. The predicted molar refractivity (Wildman–Crippen MR) is 65.1 cm³/mol. The van der Waals surface area contributed by atoms with E-state index < -0.39 is 13.4 Å². The summed E-state index contributed by atoms with van der Waals surface area (Å²) in [6, 6.07) is 16.5. The average molecular weight is 262 g/mol. The molecule has 0 bridgehead atoms. The van der Waals surface area contributed by atoms with E-state index in [1.807, 2.05) is 30.3 Å². The van der Waals surface area contributed by atoms with Gasteiger partial charge in [-0.2, -0.15) is 0 Å². The number of benzene rings is 2. The molecule has 0 amide bonds. The van der Waals surface area contributed by atoms with Gasteiger partial charge in [0.15, 0.2) is 0 Å². The van der Waals surface area contributed by atoms with Gasteiger partial charge in [0, 0.05) is 5.56 Å². The Hall–Kier alpha value is -1.45. The van der Waals surface area contributed by atoms with E-state index in [2.05, 4.69) is 5.73 Å². The fraction of sp³-hybridized carbons (Fsp3) is 0.0769. The van der Waals surface area contributed by atoms with E-state index in [9.17, 15) is 14.4 Å². The van der Waals surface area contributed by atoms with E-state index in [1.165, 1.54) is 0 Å². The molecule has 0 saturated heterocycles. The Bertz CT molecular complexity index is 563. The summed E-state index contributed by atoms with van der Waals surface area (Å²) < 4.78 is 10.9. The van der Waals surface area contributed by atoms with Crippen LogP contribution in [0.15, 0.2) is 54.6 Å². The van der Waals surface area contributed by atoms with Gasteiger partial charge in [-0.1, -0.05) is 54.6 Å². The molecular weight excluding hydrogens is 249 g/mol. The quantitative estimate of drug-likeness (QED) is 0.817. The number of hydrogen-bond donors (Lipinski definition) is 1. The van der Waals surface area contributed by atoms with Gasteiger partial charge in [-0.3, -0.25) is 0 Å². The van der Waals surface area contributed by atoms with E-state index in [4.69, 9.17) is 0 Å². The summed E-state index contributed by atoms with van der Waals surface area (Å²) in [7, 11) is -4.68. The van der Waals surface area contributed by atoms with Crippen LogP contribution in [0.5, 0.6) is 0 Å². The molecule has 2 aromatic carbocycles. The first kappa shape index (κ1) is 13.0. The van der Waals surface area contributed by atoms with Gasteiger partial charge in [0.25, 0.3) is 0 Å². The van der Waals surface area contributed by atoms with Gasteiger partial charge in [0.05, 0.1) is 0 Å². The van der Waals surface area contributed by atoms with Gasteiger partial charge in [-0.05, 0) is 18.7 Å². The van der Waals surface area contributed by atoms with Crippen molar-refractivity contribution in [1.29, 1.82) is 0 Å². The molecule has 0 aliphatic rings. The molecule has 0 spiro atoms. The maximum Gasteiger partial charge on any atom is 0.135 e. The van der Waals surface area contributed by atoms with Crippen molar-refractivity contribution in [1.82, 2.24) is 0 Å². The topological polar surface area (TPSA) is 90.8 Å². The fourth-order valence-corrected chi connectivity index (χ4v) is 2.25. The molecular formula is C13H13NO3P-. The third kappa shape index (κ3) is 2.86. The SMILES string of the molecule is [NH3+][C@@H](c1ccc(-c2ccccc2)cc1)P(=O)([O-])[O-]. The zero-order chi connectivity index (χ0) is 13.2. The second-order valence-corrected chi connectivity index (χ2v) is 5.75. The molecule has 3 N–H and O–H groups in total. The zero-order valence-corrected chi connectivity index (χ0v) is 10.5. The third-order valence-corrected chi connectivity index (χ3v) is 3.85. The second kappa shape index (κ2) is 5.04. The molecule has 5 heteroatoms. The Morgan fingerprint density at radius 3 is 1.89 bits per heavy atom. The standard InChI is InChI=1S/C13H14NO3P/c14-13(18(15,16)17)12-8-6-11(7-9-12)10-4-2-1-3-5-10/h1-9,13H,14H2,(H2,15,16,17)/p-1/t13-/m1/s1. The van der Waals surface area contributed by atoms with Crippen molar-refractivity contribution in [2.75, 3.05) is 0 Å². The maximum absolute atomic E-state index is 10.9. The number of hydrogen-bond acceptors (Lipinski definition) is 3. The van der Waals surface area contributed by atoms with E-state index in [0.717, 1.165) is 11.1 Å². The van der Waals surface area contributed by atoms with Gasteiger partial charge in [-0.15, -0.1) is 0 Å². The normalized spacial score (nSPS) is 13.3. The summed E-state index contributed by atoms with van der Waals surface area (Å²) in [4.78, 5) is 21.8. The summed E-state index contributed by atoms with van der Waals surface area (Å²) in [5.74, 6) is -1.23. The lowest BCUT2D eigenvalue weighted by Gasteiger charge is -2.32. The van der Waals surface area contributed by atoms with Crippen LogP contribution in [0, 0.1) is 0 Å². The van der Waals surface area contributed by atoms with Crippen molar-refractivity contribution < 1.29 is 20.1 Å². The van der Waals surface area contributed by atoms with Gasteiger partial charge < -0.3 is 20.1 Å². The summed E-state index contributed by atoms with van der Waals surface area (Å²) in [5.41, 5.74) is 5.82. The van der Waals surface area contributed by atoms with Crippen molar-refractivity contribution in [3.05, 3.63) is 60.2 Å². The molecule has 0 saturated carbocycles. The molecule has 18 heavy (non-hydrogen) atoms. The summed E-state index contributed by atoms with van der Waals surface area (Å²) in [5, 5.41) is 0. The highest BCUT2D eigenvalue weighted by molar-refractivity contribution is 7.48. The van der Waals surface area contributed by atoms with Crippen molar-refractivity contribution in [3.8, 4) is 11.1 Å². The van der Waals surface area contributed by atoms with E-state index in [0.29, 0.717) is 5.56 Å². The van der Waals surface area contributed by atoms with Gasteiger partial charge in [0.2, 0.25) is 0 Å². The maximum atomic E-state index is 10.9. The van der Waals surface area contributed by atoms with E-state index in [1.54, 1.807) is 24.3 Å². The van der Waals surface area contributed by atoms with Crippen LogP contribution >= 0.6 is 7.60 Å². The lowest BCUT2D eigenvalue weighted by molar-refractivity contribution is -0.434.